The van der Waals surface area contributed by atoms with Gasteiger partial charge in [-0.15, -0.1) is 0 Å². The average Bonchev–Trinajstić information content (AvgIpc) is 3.03. The van der Waals surface area contributed by atoms with Crippen LogP contribution < -0.4 is 20.7 Å². The van der Waals surface area contributed by atoms with Crippen LogP contribution in [0.5, 0.6) is 5.75 Å². The molecule has 0 aromatic heterocycles. The number of nitrogens with one attached hydrogen (secondary N) is 3. The van der Waals surface area contributed by atoms with Gasteiger partial charge in [0.15, 0.2) is 0 Å². The molecule has 1 aliphatic rings. The maximum Gasteiger partial charge on any atom is 0.410 e. The van der Waals surface area contributed by atoms with Crippen LogP contribution in [-0.4, -0.2) is 77.7 Å². The lowest BCUT2D eigenvalue weighted by molar-refractivity contribution is -0.156. The van der Waals surface area contributed by atoms with Gasteiger partial charge < -0.3 is 35.1 Å². The Balaban J connectivity index is 1.63. The lowest BCUT2D eigenvalue weighted by Gasteiger charge is -2.34. The normalized spacial score (nSPS) is 15.9. The molecule has 0 radical (unpaired) electrons. The Bertz CT molecular complexity index is 1500. The number of amides is 4. The van der Waals surface area contributed by atoms with Crippen molar-refractivity contribution in [2.24, 2.45) is 5.92 Å². The van der Waals surface area contributed by atoms with Crippen molar-refractivity contribution in [1.82, 2.24) is 20.9 Å². The van der Waals surface area contributed by atoms with Crippen molar-refractivity contribution in [1.29, 1.82) is 0 Å². The highest BCUT2D eigenvalue weighted by Crippen LogP contribution is 2.23. The first-order valence-electron chi connectivity index (χ1n) is 17.7. The van der Waals surface area contributed by atoms with Crippen molar-refractivity contribution in [3.8, 4) is 5.75 Å². The minimum Gasteiger partial charge on any atom is -0.494 e. The molecule has 51 heavy (non-hydrogen) atoms. The third-order valence-corrected chi connectivity index (χ3v) is 8.14. The number of hydrogen-bond acceptors (Lipinski definition) is 8. The predicted molar refractivity (Wildman–Crippen MR) is 194 cm³/mol. The van der Waals surface area contributed by atoms with Crippen molar-refractivity contribution in [3.63, 3.8) is 0 Å². The molecule has 3 rings (SSSR count). The zero-order valence-corrected chi connectivity index (χ0v) is 31.4. The van der Waals surface area contributed by atoms with Crippen LogP contribution in [0.25, 0.3) is 0 Å². The second-order valence-corrected chi connectivity index (χ2v) is 15.2. The molecule has 3 N–H and O–H groups in total. The van der Waals surface area contributed by atoms with Crippen LogP contribution in [0.1, 0.15) is 90.8 Å². The van der Waals surface area contributed by atoms with E-state index in [2.05, 4.69) is 16.0 Å². The molecule has 3 atom stereocenters. The fourth-order valence-electron chi connectivity index (χ4n) is 5.71. The Morgan fingerprint density at radius 3 is 2.22 bits per heavy atom. The van der Waals surface area contributed by atoms with Gasteiger partial charge in [0.05, 0.1) is 13.0 Å². The Morgan fingerprint density at radius 1 is 0.882 bits per heavy atom. The average molecular weight is 709 g/mol. The lowest BCUT2D eigenvalue weighted by Crippen LogP contribution is -2.54. The van der Waals surface area contributed by atoms with Crippen molar-refractivity contribution < 1.29 is 38.2 Å². The minimum absolute atomic E-state index is 0.184. The molecule has 2 unspecified atom stereocenters. The lowest BCUT2D eigenvalue weighted by atomic mass is 9.95. The molecule has 0 spiro atoms. The zero-order chi connectivity index (χ0) is 37.8. The van der Waals surface area contributed by atoms with Gasteiger partial charge in [-0.1, -0.05) is 36.4 Å². The van der Waals surface area contributed by atoms with Gasteiger partial charge in [0.2, 0.25) is 17.7 Å². The van der Waals surface area contributed by atoms with Crippen LogP contribution >= 0.6 is 0 Å². The number of benzene rings is 2. The molecule has 2 aromatic carbocycles. The van der Waals surface area contributed by atoms with Crippen LogP contribution in [0.3, 0.4) is 0 Å². The van der Waals surface area contributed by atoms with E-state index in [0.717, 1.165) is 36.0 Å². The topological polar surface area (TPSA) is 152 Å². The van der Waals surface area contributed by atoms with Crippen molar-refractivity contribution >= 4 is 29.8 Å². The molecule has 1 aliphatic heterocycles. The number of aryl methyl sites for hydroxylation is 1. The Hall–Kier alpha value is -4.61. The highest BCUT2D eigenvalue weighted by Gasteiger charge is 2.30. The van der Waals surface area contributed by atoms with E-state index < -0.39 is 53.4 Å². The van der Waals surface area contributed by atoms with Crippen LogP contribution in [0.2, 0.25) is 0 Å². The van der Waals surface area contributed by atoms with Gasteiger partial charge >= 0.3 is 12.1 Å². The van der Waals surface area contributed by atoms with Gasteiger partial charge in [0.25, 0.3) is 0 Å². The fraction of sp³-hybridized carbons (Fsp3) is 0.564. The number of nitrogens with zero attached hydrogens (tertiary/aromatic N) is 1. The SMILES string of the molecule is CC(=O)N[C@@H](CC(=O)OC(C)(C)C)C(=O)NC(Cc1ccccc1)C(=O)NCc1cc(OCCC2CCCN(C(=O)OC(C)(C)C)C2)ccc1C. The van der Waals surface area contributed by atoms with Crippen LogP contribution in [0.4, 0.5) is 4.79 Å². The third-order valence-electron chi connectivity index (χ3n) is 8.14. The second kappa shape index (κ2) is 18.6. The molecule has 280 valence electrons. The summed E-state index contributed by atoms with van der Waals surface area (Å²) in [5, 5.41) is 8.20. The second-order valence-electron chi connectivity index (χ2n) is 15.2. The van der Waals surface area contributed by atoms with E-state index >= 15 is 0 Å². The molecule has 12 heteroatoms. The first kappa shape index (κ1) is 40.8. The number of piperidine rings is 1. The quantitative estimate of drug-likeness (QED) is 0.232. The standard InChI is InChI=1S/C39H56N4O8/c1-26-16-17-31(49-20-18-29-15-12-19-43(25-29)37(48)51-39(6,7)8)22-30(26)24-40-35(46)32(21-28-13-10-9-11-14-28)42-36(47)33(41-27(2)44)23-34(45)50-38(3,4)5/h9-11,13-14,16-17,22,29,32-33H,12,15,18-21,23-25H2,1-8H3,(H,40,46)(H,41,44)(H,42,47)/t29?,32?,33-/m0/s1. The Kier molecular flexibility index (Phi) is 14.9. The number of rotatable bonds is 14. The van der Waals surface area contributed by atoms with E-state index in [1.165, 1.54) is 6.92 Å². The molecule has 0 bridgehead atoms. The van der Waals surface area contributed by atoms with E-state index in [4.69, 9.17) is 14.2 Å². The molecule has 4 amide bonds. The Labute approximate surface area is 302 Å². The summed E-state index contributed by atoms with van der Waals surface area (Å²) in [6.45, 7) is 15.9. The first-order chi connectivity index (χ1) is 23.9. The molecule has 0 saturated carbocycles. The number of carbonyl (C=O) groups is 5. The maximum absolute atomic E-state index is 13.6. The number of esters is 1. The summed E-state index contributed by atoms with van der Waals surface area (Å²) in [5.41, 5.74) is 1.31. The summed E-state index contributed by atoms with van der Waals surface area (Å²) >= 11 is 0. The summed E-state index contributed by atoms with van der Waals surface area (Å²) in [5.74, 6) is -1.28. The van der Waals surface area contributed by atoms with E-state index in [0.29, 0.717) is 31.4 Å². The smallest absolute Gasteiger partial charge is 0.410 e. The summed E-state index contributed by atoms with van der Waals surface area (Å²) < 4.78 is 17.0. The van der Waals surface area contributed by atoms with Crippen LogP contribution in [0.15, 0.2) is 48.5 Å². The number of likely N-dealkylation sites (tertiary alicyclic amines) is 1. The molecule has 1 saturated heterocycles. The molecule has 0 aliphatic carbocycles. The van der Waals surface area contributed by atoms with Gasteiger partial charge in [-0.3, -0.25) is 19.2 Å². The summed E-state index contributed by atoms with van der Waals surface area (Å²) in [4.78, 5) is 65.9. The molecular weight excluding hydrogens is 652 g/mol. The van der Waals surface area contributed by atoms with Gasteiger partial charge in [-0.25, -0.2) is 4.79 Å². The minimum atomic E-state index is -1.23. The maximum atomic E-state index is 13.6. The highest BCUT2D eigenvalue weighted by atomic mass is 16.6. The first-order valence-corrected chi connectivity index (χ1v) is 17.7. The predicted octanol–water partition coefficient (Wildman–Crippen LogP) is 4.99. The largest absolute Gasteiger partial charge is 0.494 e. The van der Waals surface area contributed by atoms with Crippen molar-refractivity contribution in [3.05, 3.63) is 65.2 Å². The van der Waals surface area contributed by atoms with E-state index in [-0.39, 0.29) is 19.1 Å². The number of hydrogen-bond donors (Lipinski definition) is 3. The number of carbonyl (C=O) groups excluding carboxylic acids is 5. The summed E-state index contributed by atoms with van der Waals surface area (Å²) in [7, 11) is 0. The van der Waals surface area contributed by atoms with E-state index in [1.54, 1.807) is 25.7 Å². The van der Waals surface area contributed by atoms with Crippen LogP contribution in [-0.2, 0) is 41.6 Å². The summed E-state index contributed by atoms with van der Waals surface area (Å²) in [6.07, 6.45) is 2.23. The fourth-order valence-corrected chi connectivity index (χ4v) is 5.71. The number of ether oxygens (including phenoxy) is 3. The van der Waals surface area contributed by atoms with Gasteiger partial charge in [0.1, 0.15) is 29.0 Å². The zero-order valence-electron chi connectivity index (χ0n) is 31.4. The van der Waals surface area contributed by atoms with Crippen LogP contribution in [0, 0.1) is 12.8 Å². The van der Waals surface area contributed by atoms with E-state index in [1.807, 2.05) is 76.2 Å². The highest BCUT2D eigenvalue weighted by molar-refractivity contribution is 5.94. The summed E-state index contributed by atoms with van der Waals surface area (Å²) in [6, 6.07) is 12.7. The molecule has 1 fully saturated rings. The van der Waals surface area contributed by atoms with Crippen molar-refractivity contribution in [2.75, 3.05) is 19.7 Å². The van der Waals surface area contributed by atoms with Gasteiger partial charge in [-0.2, -0.15) is 0 Å². The monoisotopic (exact) mass is 708 g/mol. The molecule has 1 heterocycles. The van der Waals surface area contributed by atoms with Gasteiger partial charge in [0, 0.05) is 33.0 Å². The van der Waals surface area contributed by atoms with Gasteiger partial charge in [-0.05, 0) is 102 Å². The molecular formula is C39H56N4O8. The molecule has 2 aromatic rings. The van der Waals surface area contributed by atoms with Crippen molar-refractivity contribution in [2.45, 2.75) is 117 Å². The molecule has 12 nitrogen and oxygen atoms in total. The third kappa shape index (κ3) is 15.0. The Morgan fingerprint density at radius 2 is 1.57 bits per heavy atom. The van der Waals surface area contributed by atoms with E-state index in [9.17, 15) is 24.0 Å².